The van der Waals surface area contributed by atoms with Crippen molar-refractivity contribution in [1.29, 1.82) is 0 Å². The van der Waals surface area contributed by atoms with Crippen molar-refractivity contribution in [3.63, 3.8) is 0 Å². The summed E-state index contributed by atoms with van der Waals surface area (Å²) in [5.41, 5.74) is 1.14. The van der Waals surface area contributed by atoms with Gasteiger partial charge in [0.05, 0.1) is 6.61 Å². The lowest BCUT2D eigenvalue weighted by atomic mass is 10.1. The molecule has 2 heteroatoms. The first-order valence-electron chi connectivity index (χ1n) is 4.67. The van der Waals surface area contributed by atoms with Crippen molar-refractivity contribution in [2.24, 2.45) is 0 Å². The van der Waals surface area contributed by atoms with E-state index >= 15 is 0 Å². The highest BCUT2D eigenvalue weighted by Crippen LogP contribution is 2.27. The maximum Gasteiger partial charge on any atom is 0.133 e. The van der Waals surface area contributed by atoms with Gasteiger partial charge in [-0.3, -0.25) is 0 Å². The second-order valence-corrected chi connectivity index (χ2v) is 3.41. The van der Waals surface area contributed by atoms with Crippen LogP contribution in [0.2, 0.25) is 0 Å². The molecule has 1 fully saturated rings. The van der Waals surface area contributed by atoms with Gasteiger partial charge in [0.2, 0.25) is 0 Å². The van der Waals surface area contributed by atoms with E-state index in [-0.39, 0.29) is 0 Å². The number of hydrogen-bond donors (Lipinski definition) is 0. The van der Waals surface area contributed by atoms with Crippen LogP contribution in [-0.2, 0) is 4.74 Å². The van der Waals surface area contributed by atoms with Gasteiger partial charge in [-0.25, -0.2) is 0 Å². The first-order chi connectivity index (χ1) is 6.27. The summed E-state index contributed by atoms with van der Waals surface area (Å²) in [5, 5.41) is 0. The Kier molecular flexibility index (Phi) is 2.13. The molecule has 1 saturated heterocycles. The first-order valence-corrected chi connectivity index (χ1v) is 4.67. The molecule has 0 N–H and O–H groups in total. The van der Waals surface area contributed by atoms with Gasteiger partial charge in [-0.2, -0.15) is 0 Å². The molecule has 0 saturated carbocycles. The van der Waals surface area contributed by atoms with Gasteiger partial charge >= 0.3 is 0 Å². The van der Waals surface area contributed by atoms with Crippen LogP contribution >= 0.6 is 0 Å². The molecule has 1 aromatic heterocycles. The topological polar surface area (TPSA) is 22.4 Å². The highest BCUT2D eigenvalue weighted by molar-refractivity contribution is 5.61. The molecule has 0 aliphatic carbocycles. The average molecular weight is 178 g/mol. The van der Waals surface area contributed by atoms with E-state index in [0.717, 1.165) is 42.3 Å². The Morgan fingerprint density at radius 1 is 1.38 bits per heavy atom. The number of aryl methyl sites for hydroxylation is 1. The van der Waals surface area contributed by atoms with Crippen LogP contribution < -0.4 is 0 Å². The Labute approximate surface area is 78.2 Å². The molecule has 0 atom stereocenters. The van der Waals surface area contributed by atoms with Crippen LogP contribution in [0.15, 0.2) is 22.3 Å². The van der Waals surface area contributed by atoms with Gasteiger partial charge in [0.1, 0.15) is 17.3 Å². The van der Waals surface area contributed by atoms with Crippen molar-refractivity contribution in [2.75, 3.05) is 6.61 Å². The van der Waals surface area contributed by atoms with Crippen LogP contribution in [0.25, 0.3) is 5.57 Å². The van der Waals surface area contributed by atoms with Gasteiger partial charge in [-0.05, 0) is 32.4 Å². The molecule has 2 rings (SSSR count). The number of rotatable bonds is 1. The van der Waals surface area contributed by atoms with Crippen LogP contribution in [-0.4, -0.2) is 6.61 Å². The molecular formula is C11H14O2. The quantitative estimate of drug-likeness (QED) is 0.659. The highest BCUT2D eigenvalue weighted by Gasteiger charge is 2.13. The normalized spacial score (nSPS) is 20.2. The van der Waals surface area contributed by atoms with Crippen LogP contribution in [0.4, 0.5) is 0 Å². The minimum Gasteiger partial charge on any atom is -0.498 e. The van der Waals surface area contributed by atoms with Gasteiger partial charge in [-0.15, -0.1) is 0 Å². The second-order valence-electron chi connectivity index (χ2n) is 3.41. The first kappa shape index (κ1) is 8.42. The summed E-state index contributed by atoms with van der Waals surface area (Å²) < 4.78 is 11.0. The smallest absolute Gasteiger partial charge is 0.133 e. The van der Waals surface area contributed by atoms with E-state index in [1.807, 2.05) is 19.1 Å². The van der Waals surface area contributed by atoms with Crippen molar-refractivity contribution >= 4 is 5.57 Å². The third-order valence-corrected chi connectivity index (χ3v) is 2.35. The Hall–Kier alpha value is -1.18. The highest BCUT2D eigenvalue weighted by atomic mass is 16.5. The van der Waals surface area contributed by atoms with Gasteiger partial charge in [0.15, 0.2) is 0 Å². The summed E-state index contributed by atoms with van der Waals surface area (Å²) in [5.74, 6) is 2.98. The van der Waals surface area contributed by atoms with Crippen molar-refractivity contribution < 1.29 is 9.15 Å². The minimum absolute atomic E-state index is 0.854. The molecule has 1 aliphatic heterocycles. The second kappa shape index (κ2) is 3.29. The SMILES string of the molecule is CC(=C1CCCO1)c1ccc(C)o1. The van der Waals surface area contributed by atoms with Crippen molar-refractivity contribution in [1.82, 2.24) is 0 Å². The Morgan fingerprint density at radius 3 is 2.77 bits per heavy atom. The maximum atomic E-state index is 5.52. The number of furan rings is 1. The molecule has 0 amide bonds. The van der Waals surface area contributed by atoms with E-state index in [1.165, 1.54) is 0 Å². The Balaban J connectivity index is 2.29. The summed E-state index contributed by atoms with van der Waals surface area (Å²) in [7, 11) is 0. The van der Waals surface area contributed by atoms with Gasteiger partial charge < -0.3 is 9.15 Å². The molecule has 0 spiro atoms. The third-order valence-electron chi connectivity index (χ3n) is 2.35. The molecule has 1 aromatic rings. The fourth-order valence-electron chi connectivity index (χ4n) is 1.57. The Morgan fingerprint density at radius 2 is 2.23 bits per heavy atom. The van der Waals surface area contributed by atoms with E-state index in [4.69, 9.17) is 9.15 Å². The van der Waals surface area contributed by atoms with Crippen LogP contribution in [0, 0.1) is 6.92 Å². The summed E-state index contributed by atoms with van der Waals surface area (Å²) in [6, 6.07) is 3.98. The number of hydrogen-bond acceptors (Lipinski definition) is 2. The van der Waals surface area contributed by atoms with E-state index in [0.29, 0.717) is 0 Å². The summed E-state index contributed by atoms with van der Waals surface area (Å²) in [6.45, 7) is 4.86. The van der Waals surface area contributed by atoms with Crippen LogP contribution in [0.5, 0.6) is 0 Å². The molecule has 1 aliphatic rings. The molecule has 2 nitrogen and oxygen atoms in total. The summed E-state index contributed by atoms with van der Waals surface area (Å²) in [4.78, 5) is 0. The molecule has 70 valence electrons. The van der Waals surface area contributed by atoms with E-state index in [2.05, 4.69) is 6.92 Å². The van der Waals surface area contributed by atoms with Crippen molar-refractivity contribution in [2.45, 2.75) is 26.7 Å². The van der Waals surface area contributed by atoms with Crippen LogP contribution in [0.3, 0.4) is 0 Å². The zero-order valence-corrected chi connectivity index (χ0v) is 8.09. The predicted molar refractivity (Wildman–Crippen MR) is 51.2 cm³/mol. The van der Waals surface area contributed by atoms with Crippen LogP contribution in [0.1, 0.15) is 31.3 Å². The minimum atomic E-state index is 0.854. The van der Waals surface area contributed by atoms with E-state index in [9.17, 15) is 0 Å². The lowest BCUT2D eigenvalue weighted by Crippen LogP contribution is -1.84. The molecule has 0 radical (unpaired) electrons. The fourth-order valence-corrected chi connectivity index (χ4v) is 1.57. The molecule has 0 unspecified atom stereocenters. The molecule has 0 bridgehead atoms. The molecule has 0 aromatic carbocycles. The standard InChI is InChI=1S/C11H14O2/c1-8-5-6-11(13-8)9(2)10-4-3-7-12-10/h5-6H,3-4,7H2,1-2H3. The third kappa shape index (κ3) is 1.62. The lowest BCUT2D eigenvalue weighted by Gasteiger charge is -2.02. The molecule has 13 heavy (non-hydrogen) atoms. The molecule has 2 heterocycles. The van der Waals surface area contributed by atoms with E-state index < -0.39 is 0 Å². The number of ether oxygens (including phenoxy) is 1. The van der Waals surface area contributed by atoms with Gasteiger partial charge in [0, 0.05) is 12.0 Å². The fraction of sp³-hybridized carbons (Fsp3) is 0.455. The zero-order valence-electron chi connectivity index (χ0n) is 8.09. The van der Waals surface area contributed by atoms with Crippen molar-refractivity contribution in [3.8, 4) is 0 Å². The summed E-state index contributed by atoms with van der Waals surface area (Å²) in [6.07, 6.45) is 2.18. The monoisotopic (exact) mass is 178 g/mol. The summed E-state index contributed by atoms with van der Waals surface area (Å²) >= 11 is 0. The molecular weight excluding hydrogens is 164 g/mol. The average Bonchev–Trinajstić information content (AvgIpc) is 2.72. The lowest BCUT2D eigenvalue weighted by molar-refractivity contribution is 0.264. The van der Waals surface area contributed by atoms with E-state index in [1.54, 1.807) is 0 Å². The van der Waals surface area contributed by atoms with Gasteiger partial charge in [0.25, 0.3) is 0 Å². The van der Waals surface area contributed by atoms with Gasteiger partial charge in [-0.1, -0.05) is 0 Å². The predicted octanol–water partition coefficient (Wildman–Crippen LogP) is 3.13. The number of allylic oxidation sites excluding steroid dienone is 2. The Bertz CT molecular complexity index is 326. The largest absolute Gasteiger partial charge is 0.498 e. The van der Waals surface area contributed by atoms with Crippen molar-refractivity contribution in [3.05, 3.63) is 29.4 Å². The zero-order chi connectivity index (χ0) is 9.26. The maximum absolute atomic E-state index is 5.52.